The molecule has 18 heavy (non-hydrogen) atoms. The molecule has 0 amide bonds. The van der Waals surface area contributed by atoms with E-state index in [1.54, 1.807) is 0 Å². The van der Waals surface area contributed by atoms with Gasteiger partial charge in [-0.3, -0.25) is 4.79 Å². The van der Waals surface area contributed by atoms with Crippen LogP contribution in [-0.2, 0) is 6.54 Å². The van der Waals surface area contributed by atoms with Crippen molar-refractivity contribution in [2.75, 3.05) is 0 Å². The second kappa shape index (κ2) is 4.63. The minimum Gasteiger partial charge on any atom is -0.478 e. The third-order valence-corrected chi connectivity index (χ3v) is 3.40. The van der Waals surface area contributed by atoms with Crippen LogP contribution < -0.4 is 5.56 Å². The van der Waals surface area contributed by atoms with Crippen molar-refractivity contribution < 1.29 is 9.90 Å². The van der Waals surface area contributed by atoms with Gasteiger partial charge < -0.3 is 9.67 Å². The SMILES string of the molecule is CCn1c(=O)ccc2c(Cl)c(C(=O)O)c(Cl)cc21. The van der Waals surface area contributed by atoms with Crippen LogP contribution in [0, 0.1) is 0 Å². The van der Waals surface area contributed by atoms with Gasteiger partial charge in [0.15, 0.2) is 0 Å². The minimum atomic E-state index is -1.19. The lowest BCUT2D eigenvalue weighted by atomic mass is 10.1. The van der Waals surface area contributed by atoms with Crippen LogP contribution in [0.4, 0.5) is 0 Å². The lowest BCUT2D eigenvalue weighted by Gasteiger charge is -2.11. The third-order valence-electron chi connectivity index (χ3n) is 2.71. The van der Waals surface area contributed by atoms with Gasteiger partial charge in [-0.2, -0.15) is 0 Å². The quantitative estimate of drug-likeness (QED) is 0.923. The highest BCUT2D eigenvalue weighted by Crippen LogP contribution is 2.32. The molecule has 1 heterocycles. The Morgan fingerprint density at radius 2 is 2.06 bits per heavy atom. The molecule has 0 unspecified atom stereocenters. The lowest BCUT2D eigenvalue weighted by Crippen LogP contribution is -2.18. The molecule has 94 valence electrons. The van der Waals surface area contributed by atoms with Crippen molar-refractivity contribution in [3.05, 3.63) is 44.2 Å². The molecule has 0 spiro atoms. The zero-order valence-electron chi connectivity index (χ0n) is 9.41. The second-order valence-electron chi connectivity index (χ2n) is 3.70. The van der Waals surface area contributed by atoms with E-state index in [0.29, 0.717) is 17.4 Å². The molecule has 0 bridgehead atoms. The Balaban J connectivity index is 2.99. The minimum absolute atomic E-state index is 0.0211. The van der Waals surface area contributed by atoms with E-state index in [0.717, 1.165) is 0 Å². The van der Waals surface area contributed by atoms with E-state index in [1.165, 1.54) is 22.8 Å². The maximum absolute atomic E-state index is 11.7. The molecule has 0 aliphatic heterocycles. The number of rotatable bonds is 2. The maximum Gasteiger partial charge on any atom is 0.338 e. The summed E-state index contributed by atoms with van der Waals surface area (Å²) in [6.45, 7) is 2.27. The van der Waals surface area contributed by atoms with Crippen LogP contribution >= 0.6 is 23.2 Å². The van der Waals surface area contributed by atoms with Gasteiger partial charge in [-0.25, -0.2) is 4.79 Å². The summed E-state index contributed by atoms with van der Waals surface area (Å²) in [7, 11) is 0. The van der Waals surface area contributed by atoms with E-state index < -0.39 is 5.97 Å². The summed E-state index contributed by atoms with van der Waals surface area (Å²) < 4.78 is 1.48. The first-order valence-electron chi connectivity index (χ1n) is 5.22. The number of aryl methyl sites for hydroxylation is 1. The number of pyridine rings is 1. The third kappa shape index (κ3) is 1.87. The largest absolute Gasteiger partial charge is 0.478 e. The molecule has 0 fully saturated rings. The molecule has 0 radical (unpaired) electrons. The predicted molar refractivity (Wildman–Crippen MR) is 70.9 cm³/mol. The van der Waals surface area contributed by atoms with Crippen molar-refractivity contribution in [3.8, 4) is 0 Å². The maximum atomic E-state index is 11.7. The van der Waals surface area contributed by atoms with Gasteiger partial charge >= 0.3 is 5.97 Å². The molecule has 2 aromatic rings. The van der Waals surface area contributed by atoms with Gasteiger partial charge in [0.05, 0.1) is 21.1 Å². The molecule has 1 aromatic carbocycles. The number of carboxylic acids is 1. The average Bonchev–Trinajstić information content (AvgIpc) is 2.28. The molecule has 0 saturated carbocycles. The Morgan fingerprint density at radius 1 is 1.39 bits per heavy atom. The topological polar surface area (TPSA) is 59.3 Å². The highest BCUT2D eigenvalue weighted by atomic mass is 35.5. The number of benzene rings is 1. The molecule has 0 aliphatic rings. The van der Waals surface area contributed by atoms with Crippen LogP contribution in [0.15, 0.2) is 23.0 Å². The highest BCUT2D eigenvalue weighted by molar-refractivity contribution is 6.42. The summed E-state index contributed by atoms with van der Waals surface area (Å²) in [4.78, 5) is 22.7. The fraction of sp³-hybridized carbons (Fsp3) is 0.167. The molecule has 4 nitrogen and oxygen atoms in total. The zero-order valence-corrected chi connectivity index (χ0v) is 10.9. The number of carbonyl (C=O) groups is 1. The molecule has 1 N–H and O–H groups in total. The van der Waals surface area contributed by atoms with Crippen LogP contribution in [0.1, 0.15) is 17.3 Å². The molecular weight excluding hydrogens is 277 g/mol. The zero-order chi connectivity index (χ0) is 13.4. The standard InChI is InChI=1S/C12H9Cl2NO3/c1-2-15-8-5-7(13)10(12(17)18)11(14)6(8)3-4-9(15)16/h3-5H,2H2,1H3,(H,17,18). The van der Waals surface area contributed by atoms with Crippen LogP contribution in [0.5, 0.6) is 0 Å². The number of aromatic carboxylic acids is 1. The molecule has 2 rings (SSSR count). The first-order chi connectivity index (χ1) is 8.47. The summed E-state index contributed by atoms with van der Waals surface area (Å²) >= 11 is 11.9. The van der Waals surface area contributed by atoms with Crippen LogP contribution in [0.25, 0.3) is 10.9 Å². The van der Waals surface area contributed by atoms with E-state index in [1.807, 2.05) is 6.92 Å². The monoisotopic (exact) mass is 285 g/mol. The normalized spacial score (nSPS) is 10.8. The van der Waals surface area contributed by atoms with Crippen molar-refractivity contribution in [1.29, 1.82) is 0 Å². The number of fused-ring (bicyclic) bond motifs is 1. The number of carboxylic acid groups (broad SMARTS) is 1. The molecule has 0 aliphatic carbocycles. The number of hydrogen-bond donors (Lipinski definition) is 1. The molecule has 6 heteroatoms. The fourth-order valence-corrected chi connectivity index (χ4v) is 2.56. The Kier molecular flexibility index (Phi) is 3.32. The Hall–Kier alpha value is -1.52. The molecule has 0 saturated heterocycles. The van der Waals surface area contributed by atoms with E-state index in [2.05, 4.69) is 0 Å². The highest BCUT2D eigenvalue weighted by Gasteiger charge is 2.18. The summed E-state index contributed by atoms with van der Waals surface area (Å²) in [5.41, 5.74) is 0.206. The summed E-state index contributed by atoms with van der Waals surface area (Å²) in [6.07, 6.45) is 0. The molecule has 1 aromatic heterocycles. The number of aromatic nitrogens is 1. The van der Waals surface area contributed by atoms with Crippen molar-refractivity contribution in [2.24, 2.45) is 0 Å². The van der Waals surface area contributed by atoms with Gasteiger partial charge in [-0.1, -0.05) is 23.2 Å². The lowest BCUT2D eigenvalue weighted by molar-refractivity contribution is 0.0697. The molecule has 0 atom stereocenters. The van der Waals surface area contributed by atoms with Crippen LogP contribution in [-0.4, -0.2) is 15.6 Å². The fourth-order valence-electron chi connectivity index (χ4n) is 1.89. The predicted octanol–water partition coefficient (Wildman–Crippen LogP) is 3.03. The van der Waals surface area contributed by atoms with Crippen molar-refractivity contribution >= 4 is 40.1 Å². The van der Waals surface area contributed by atoms with Crippen molar-refractivity contribution in [3.63, 3.8) is 0 Å². The van der Waals surface area contributed by atoms with Gasteiger partial charge in [0.1, 0.15) is 0 Å². The van der Waals surface area contributed by atoms with Crippen LogP contribution in [0.2, 0.25) is 10.0 Å². The van der Waals surface area contributed by atoms with Crippen LogP contribution in [0.3, 0.4) is 0 Å². The van der Waals surface area contributed by atoms with Crippen molar-refractivity contribution in [1.82, 2.24) is 4.57 Å². The first-order valence-corrected chi connectivity index (χ1v) is 5.97. The Morgan fingerprint density at radius 3 is 2.61 bits per heavy atom. The number of halogens is 2. The van der Waals surface area contributed by atoms with E-state index >= 15 is 0 Å². The number of nitrogens with zero attached hydrogens (tertiary/aromatic N) is 1. The Bertz CT molecular complexity index is 707. The summed E-state index contributed by atoms with van der Waals surface area (Å²) in [6, 6.07) is 4.32. The second-order valence-corrected chi connectivity index (χ2v) is 4.49. The Labute approximate surface area is 112 Å². The summed E-state index contributed by atoms with van der Waals surface area (Å²) in [5, 5.41) is 9.62. The molecular formula is C12H9Cl2NO3. The van der Waals surface area contributed by atoms with Gasteiger partial charge in [0.25, 0.3) is 5.56 Å². The van der Waals surface area contributed by atoms with E-state index in [-0.39, 0.29) is 21.2 Å². The average molecular weight is 286 g/mol. The van der Waals surface area contributed by atoms with Crippen molar-refractivity contribution in [2.45, 2.75) is 13.5 Å². The van der Waals surface area contributed by atoms with Gasteiger partial charge in [0, 0.05) is 18.0 Å². The van der Waals surface area contributed by atoms with Gasteiger partial charge in [-0.15, -0.1) is 0 Å². The number of hydrogen-bond acceptors (Lipinski definition) is 2. The smallest absolute Gasteiger partial charge is 0.338 e. The van der Waals surface area contributed by atoms with Gasteiger partial charge in [0.2, 0.25) is 0 Å². The van der Waals surface area contributed by atoms with E-state index in [9.17, 15) is 9.59 Å². The van der Waals surface area contributed by atoms with E-state index in [4.69, 9.17) is 28.3 Å². The summed E-state index contributed by atoms with van der Waals surface area (Å²) in [5.74, 6) is -1.19. The van der Waals surface area contributed by atoms with Gasteiger partial charge in [-0.05, 0) is 19.1 Å². The first kappa shape index (κ1) is 12.9.